The van der Waals surface area contributed by atoms with E-state index < -0.39 is 0 Å². The van der Waals surface area contributed by atoms with Gasteiger partial charge < -0.3 is 16.0 Å². The van der Waals surface area contributed by atoms with E-state index in [1.165, 1.54) is 12.1 Å². The van der Waals surface area contributed by atoms with E-state index in [1.54, 1.807) is 6.07 Å². The molecule has 1 aromatic rings. The highest BCUT2D eigenvalue weighted by molar-refractivity contribution is 14.0. The zero-order valence-corrected chi connectivity index (χ0v) is 15.1. The molecule has 0 amide bonds. The van der Waals surface area contributed by atoms with Gasteiger partial charge in [-0.2, -0.15) is 11.8 Å². The van der Waals surface area contributed by atoms with Gasteiger partial charge in [0.15, 0.2) is 5.96 Å². The minimum Gasteiger partial charge on any atom is -0.385 e. The van der Waals surface area contributed by atoms with Crippen molar-refractivity contribution in [3.63, 3.8) is 0 Å². The second kappa shape index (κ2) is 10.1. The molecule has 0 saturated carbocycles. The van der Waals surface area contributed by atoms with E-state index in [1.807, 2.05) is 17.8 Å². The molecule has 1 fully saturated rings. The van der Waals surface area contributed by atoms with Crippen molar-refractivity contribution >= 4 is 47.4 Å². The number of hydrogen-bond donors (Lipinski definition) is 2. The van der Waals surface area contributed by atoms with Crippen molar-refractivity contribution in [1.82, 2.24) is 4.90 Å². The van der Waals surface area contributed by atoms with Crippen LogP contribution in [0.15, 0.2) is 29.3 Å². The minimum atomic E-state index is -0.222. The van der Waals surface area contributed by atoms with Gasteiger partial charge in [-0.3, -0.25) is 4.99 Å². The lowest BCUT2D eigenvalue weighted by atomic mass is 10.3. The Balaban J connectivity index is 0.00000220. The third-order valence-electron chi connectivity index (χ3n) is 3.10. The summed E-state index contributed by atoms with van der Waals surface area (Å²) in [6.07, 6.45) is 0.875. The van der Waals surface area contributed by atoms with Crippen molar-refractivity contribution < 1.29 is 4.39 Å². The molecule has 3 N–H and O–H groups in total. The zero-order chi connectivity index (χ0) is 14.2. The van der Waals surface area contributed by atoms with Crippen molar-refractivity contribution in [3.05, 3.63) is 30.1 Å². The van der Waals surface area contributed by atoms with Gasteiger partial charge in [0, 0.05) is 43.4 Å². The number of hydrogen-bond acceptors (Lipinski definition) is 3. The molecule has 21 heavy (non-hydrogen) atoms. The molecule has 1 aliphatic rings. The summed E-state index contributed by atoms with van der Waals surface area (Å²) in [5, 5.41) is 3.17. The molecular weight excluding hydrogens is 402 g/mol. The topological polar surface area (TPSA) is 53.6 Å². The lowest BCUT2D eigenvalue weighted by Gasteiger charge is -2.27. The normalized spacial score (nSPS) is 15.5. The fourth-order valence-corrected chi connectivity index (χ4v) is 2.90. The molecule has 118 valence electrons. The van der Waals surface area contributed by atoms with E-state index in [2.05, 4.69) is 15.2 Å². The van der Waals surface area contributed by atoms with Gasteiger partial charge in [0.25, 0.3) is 0 Å². The molecule has 0 unspecified atom stereocenters. The van der Waals surface area contributed by atoms with Gasteiger partial charge in [-0.1, -0.05) is 6.07 Å². The number of halogens is 2. The van der Waals surface area contributed by atoms with Crippen LogP contribution in [-0.4, -0.2) is 48.5 Å². The summed E-state index contributed by atoms with van der Waals surface area (Å²) < 4.78 is 13.0. The van der Waals surface area contributed by atoms with Crippen LogP contribution < -0.4 is 11.1 Å². The van der Waals surface area contributed by atoms with Crippen molar-refractivity contribution in [1.29, 1.82) is 0 Å². The second-order valence-electron chi connectivity index (χ2n) is 4.63. The SMILES string of the molecule is I.NC(=NCCCNc1cccc(F)c1)N1CCSCC1. The first-order valence-corrected chi connectivity index (χ1v) is 8.03. The summed E-state index contributed by atoms with van der Waals surface area (Å²) in [5.74, 6) is 2.67. The summed E-state index contributed by atoms with van der Waals surface area (Å²) in [7, 11) is 0. The van der Waals surface area contributed by atoms with Crippen LogP contribution in [0.5, 0.6) is 0 Å². The van der Waals surface area contributed by atoms with E-state index in [0.717, 1.165) is 43.2 Å². The maximum atomic E-state index is 13.0. The monoisotopic (exact) mass is 424 g/mol. The number of anilines is 1. The summed E-state index contributed by atoms with van der Waals surface area (Å²) >= 11 is 1.95. The molecule has 1 aliphatic heterocycles. The summed E-state index contributed by atoms with van der Waals surface area (Å²) in [5.41, 5.74) is 6.76. The lowest BCUT2D eigenvalue weighted by molar-refractivity contribution is 0.455. The molecule has 4 nitrogen and oxygen atoms in total. The van der Waals surface area contributed by atoms with Crippen LogP contribution in [0.2, 0.25) is 0 Å². The number of thioether (sulfide) groups is 1. The van der Waals surface area contributed by atoms with Crippen LogP contribution in [0.1, 0.15) is 6.42 Å². The van der Waals surface area contributed by atoms with Crippen LogP contribution in [0.25, 0.3) is 0 Å². The summed E-state index contributed by atoms with van der Waals surface area (Å²) in [6, 6.07) is 6.48. The maximum absolute atomic E-state index is 13.0. The van der Waals surface area contributed by atoms with Gasteiger partial charge in [0.05, 0.1) is 0 Å². The first kappa shape index (κ1) is 18.3. The molecule has 0 spiro atoms. The average Bonchev–Trinajstić information content (AvgIpc) is 2.48. The molecule has 1 heterocycles. The van der Waals surface area contributed by atoms with Crippen LogP contribution in [-0.2, 0) is 0 Å². The van der Waals surface area contributed by atoms with E-state index in [0.29, 0.717) is 12.5 Å². The van der Waals surface area contributed by atoms with E-state index in [9.17, 15) is 4.39 Å². The summed E-state index contributed by atoms with van der Waals surface area (Å²) in [4.78, 5) is 6.53. The number of guanidine groups is 1. The smallest absolute Gasteiger partial charge is 0.191 e. The van der Waals surface area contributed by atoms with Gasteiger partial charge in [0.1, 0.15) is 5.82 Å². The molecule has 0 aromatic heterocycles. The Morgan fingerprint density at radius 3 is 2.86 bits per heavy atom. The highest BCUT2D eigenvalue weighted by Gasteiger charge is 2.11. The Bertz CT molecular complexity index is 452. The Morgan fingerprint density at radius 1 is 1.38 bits per heavy atom. The van der Waals surface area contributed by atoms with E-state index in [-0.39, 0.29) is 29.8 Å². The third-order valence-corrected chi connectivity index (χ3v) is 4.04. The maximum Gasteiger partial charge on any atom is 0.191 e. The molecule has 1 saturated heterocycles. The van der Waals surface area contributed by atoms with Gasteiger partial charge in [0.2, 0.25) is 0 Å². The van der Waals surface area contributed by atoms with Crippen molar-refractivity contribution in [2.45, 2.75) is 6.42 Å². The van der Waals surface area contributed by atoms with Crippen molar-refractivity contribution in [2.24, 2.45) is 10.7 Å². The van der Waals surface area contributed by atoms with Crippen molar-refractivity contribution in [3.8, 4) is 0 Å². The van der Waals surface area contributed by atoms with Crippen LogP contribution in [0.4, 0.5) is 10.1 Å². The largest absolute Gasteiger partial charge is 0.385 e. The van der Waals surface area contributed by atoms with E-state index >= 15 is 0 Å². The molecule has 0 bridgehead atoms. The molecule has 0 atom stereocenters. The van der Waals surface area contributed by atoms with Gasteiger partial charge >= 0.3 is 0 Å². The van der Waals surface area contributed by atoms with Gasteiger partial charge in [-0.25, -0.2) is 4.39 Å². The van der Waals surface area contributed by atoms with E-state index in [4.69, 9.17) is 5.73 Å². The number of nitrogens with one attached hydrogen (secondary N) is 1. The molecule has 7 heteroatoms. The standard InChI is InChI=1S/C14H21FN4S.HI/c15-12-3-1-4-13(11-12)17-5-2-6-18-14(16)19-7-9-20-10-8-19;/h1,3-4,11,17H,2,5-10H2,(H2,16,18);1H. The Labute approximate surface area is 146 Å². The molecule has 2 rings (SSSR count). The number of rotatable bonds is 5. The highest BCUT2D eigenvalue weighted by Crippen LogP contribution is 2.09. The van der Waals surface area contributed by atoms with Crippen molar-refractivity contribution in [2.75, 3.05) is 43.0 Å². The van der Waals surface area contributed by atoms with Gasteiger partial charge in [-0.05, 0) is 24.6 Å². The number of benzene rings is 1. The van der Waals surface area contributed by atoms with Crippen LogP contribution >= 0.6 is 35.7 Å². The van der Waals surface area contributed by atoms with Crippen LogP contribution in [0.3, 0.4) is 0 Å². The molecule has 0 aliphatic carbocycles. The third kappa shape index (κ3) is 6.73. The predicted octanol–water partition coefficient (Wildman–Crippen LogP) is 2.61. The number of aliphatic imine (C=N–C) groups is 1. The first-order chi connectivity index (χ1) is 9.75. The molecule has 0 radical (unpaired) electrons. The fraction of sp³-hybridized carbons (Fsp3) is 0.500. The quantitative estimate of drug-likeness (QED) is 0.330. The Kier molecular flexibility index (Phi) is 8.82. The van der Waals surface area contributed by atoms with Gasteiger partial charge in [-0.15, -0.1) is 24.0 Å². The average molecular weight is 424 g/mol. The Morgan fingerprint density at radius 2 is 2.14 bits per heavy atom. The minimum absolute atomic E-state index is 0. The number of nitrogens with zero attached hydrogens (tertiary/aromatic N) is 2. The van der Waals surface area contributed by atoms with Crippen LogP contribution in [0, 0.1) is 5.82 Å². The summed E-state index contributed by atoms with van der Waals surface area (Å²) in [6.45, 7) is 3.43. The highest BCUT2D eigenvalue weighted by atomic mass is 127. The fourth-order valence-electron chi connectivity index (χ4n) is 2.00. The molecular formula is C14H22FIN4S. The molecule has 1 aromatic carbocycles. The second-order valence-corrected chi connectivity index (χ2v) is 5.85. The zero-order valence-electron chi connectivity index (χ0n) is 11.9. The Hall–Kier alpha value is -0.700. The first-order valence-electron chi connectivity index (χ1n) is 6.88. The predicted molar refractivity (Wildman–Crippen MR) is 100 cm³/mol. The lowest BCUT2D eigenvalue weighted by Crippen LogP contribution is -2.42. The number of nitrogens with two attached hydrogens (primary N) is 1.